The fourth-order valence-electron chi connectivity index (χ4n) is 4.95. The summed E-state index contributed by atoms with van der Waals surface area (Å²) in [5.74, 6) is -6.46. The standard InChI is InChI=1S/C24H28F4N4O7S3/c1-41(35,36)31-8-6-30(7-9-31)22(33)16-10-15(13-32(14-16)42(37,38)21-5-3-18(12-29)40-21)19-11-17(2-4-20(19)25)39-23(34)24(26,27)28/h2-5,11,15-16H,6-10,12-14,29H2,1H3/t15-,16+/m1/s1. The molecule has 4 rings (SSSR count). The van der Waals surface area contributed by atoms with Crippen LogP contribution in [0.3, 0.4) is 0 Å². The molecule has 1 aromatic carbocycles. The van der Waals surface area contributed by atoms with E-state index in [0.717, 1.165) is 40.1 Å². The zero-order chi connectivity index (χ0) is 31.0. The number of nitrogens with zero attached hydrogens (tertiary/aromatic N) is 3. The number of ether oxygens (including phenoxy) is 1. The Labute approximate surface area is 243 Å². The van der Waals surface area contributed by atoms with E-state index in [2.05, 4.69) is 4.74 Å². The monoisotopic (exact) mass is 656 g/mol. The third kappa shape index (κ3) is 7.11. The second kappa shape index (κ2) is 12.2. The van der Waals surface area contributed by atoms with Crippen molar-refractivity contribution in [3.05, 3.63) is 46.6 Å². The van der Waals surface area contributed by atoms with Gasteiger partial charge in [-0.05, 0) is 42.3 Å². The smallest absolute Gasteiger partial charge is 0.420 e. The summed E-state index contributed by atoms with van der Waals surface area (Å²) in [6.45, 7) is -0.272. The third-order valence-electron chi connectivity index (χ3n) is 7.07. The molecule has 18 heteroatoms. The zero-order valence-electron chi connectivity index (χ0n) is 22.2. The lowest BCUT2D eigenvalue weighted by Crippen LogP contribution is -2.54. The van der Waals surface area contributed by atoms with Crippen LogP contribution in [-0.4, -0.2) is 93.9 Å². The van der Waals surface area contributed by atoms with Gasteiger partial charge in [0.25, 0.3) is 10.0 Å². The number of piperidine rings is 1. The Morgan fingerprint density at radius 3 is 2.26 bits per heavy atom. The maximum absolute atomic E-state index is 15.1. The molecule has 2 atom stereocenters. The predicted octanol–water partition coefficient (Wildman–Crippen LogP) is 1.71. The van der Waals surface area contributed by atoms with Crippen LogP contribution < -0.4 is 10.5 Å². The van der Waals surface area contributed by atoms with E-state index >= 15 is 4.39 Å². The van der Waals surface area contributed by atoms with Crippen LogP contribution in [0.5, 0.6) is 5.75 Å². The normalized spacial score (nSPS) is 21.3. The highest BCUT2D eigenvalue weighted by atomic mass is 32.2. The van der Waals surface area contributed by atoms with E-state index in [-0.39, 0.29) is 62.0 Å². The van der Waals surface area contributed by atoms with E-state index < -0.39 is 61.5 Å². The van der Waals surface area contributed by atoms with Crippen LogP contribution in [0.4, 0.5) is 17.6 Å². The molecule has 0 unspecified atom stereocenters. The number of carbonyl (C=O) groups excluding carboxylic acids is 2. The SMILES string of the molecule is CS(=O)(=O)N1CCN(C(=O)[C@H]2C[C@@H](c3cc(OC(=O)C(F)(F)F)ccc3F)CN(S(=O)(=O)c3ccc(CN)s3)C2)CC1. The van der Waals surface area contributed by atoms with Crippen LogP contribution in [0.2, 0.25) is 0 Å². The van der Waals surface area contributed by atoms with Gasteiger partial charge in [0.15, 0.2) is 0 Å². The molecular weight excluding hydrogens is 628 g/mol. The number of halogens is 4. The van der Waals surface area contributed by atoms with Gasteiger partial charge in [-0.3, -0.25) is 4.79 Å². The summed E-state index contributed by atoms with van der Waals surface area (Å²) in [4.78, 5) is 26.9. The van der Waals surface area contributed by atoms with E-state index in [1.165, 1.54) is 15.3 Å². The predicted molar refractivity (Wildman–Crippen MR) is 143 cm³/mol. The number of nitrogens with two attached hydrogens (primary N) is 1. The summed E-state index contributed by atoms with van der Waals surface area (Å²) in [6, 6.07) is 5.44. The van der Waals surface area contributed by atoms with E-state index in [1.807, 2.05) is 0 Å². The van der Waals surface area contributed by atoms with Crippen LogP contribution in [0.25, 0.3) is 0 Å². The number of piperazine rings is 1. The fourth-order valence-corrected chi connectivity index (χ4v) is 8.70. The first-order chi connectivity index (χ1) is 19.5. The molecule has 1 aromatic heterocycles. The second-order valence-corrected chi connectivity index (χ2v) is 15.2. The Balaban J connectivity index is 1.65. The number of esters is 1. The number of sulfonamides is 2. The maximum atomic E-state index is 15.1. The molecule has 232 valence electrons. The minimum atomic E-state index is -5.30. The Kier molecular flexibility index (Phi) is 9.34. The molecule has 0 aliphatic carbocycles. The molecule has 2 saturated heterocycles. The first-order valence-corrected chi connectivity index (χ1v) is 16.7. The zero-order valence-corrected chi connectivity index (χ0v) is 24.7. The van der Waals surface area contributed by atoms with Gasteiger partial charge in [-0.15, -0.1) is 11.3 Å². The van der Waals surface area contributed by atoms with E-state index in [0.29, 0.717) is 4.88 Å². The summed E-state index contributed by atoms with van der Waals surface area (Å²) >= 11 is 0.935. The van der Waals surface area contributed by atoms with E-state index in [1.54, 1.807) is 6.07 Å². The van der Waals surface area contributed by atoms with Crippen molar-refractivity contribution >= 4 is 43.3 Å². The molecule has 2 aromatic rings. The van der Waals surface area contributed by atoms with Crippen molar-refractivity contribution < 1.29 is 48.7 Å². The number of alkyl halides is 3. The van der Waals surface area contributed by atoms with Crippen LogP contribution in [-0.2, 0) is 36.2 Å². The highest BCUT2D eigenvalue weighted by molar-refractivity contribution is 7.91. The Morgan fingerprint density at radius 1 is 1.02 bits per heavy atom. The molecule has 2 N–H and O–H groups in total. The molecule has 2 aliphatic rings. The lowest BCUT2D eigenvalue weighted by Gasteiger charge is -2.40. The van der Waals surface area contributed by atoms with Crippen molar-refractivity contribution in [1.29, 1.82) is 0 Å². The number of hydrogen-bond acceptors (Lipinski definition) is 9. The minimum Gasteiger partial charge on any atom is -0.420 e. The third-order valence-corrected chi connectivity index (χ3v) is 11.8. The Bertz CT molecular complexity index is 1560. The number of benzene rings is 1. The largest absolute Gasteiger partial charge is 0.491 e. The molecule has 42 heavy (non-hydrogen) atoms. The average Bonchev–Trinajstić information content (AvgIpc) is 3.43. The molecule has 2 aliphatic heterocycles. The second-order valence-electron chi connectivity index (χ2n) is 9.93. The molecule has 0 bridgehead atoms. The number of carbonyl (C=O) groups is 2. The van der Waals surface area contributed by atoms with Crippen molar-refractivity contribution in [3.8, 4) is 5.75 Å². The average molecular weight is 657 g/mol. The summed E-state index contributed by atoms with van der Waals surface area (Å²) in [5, 5.41) is 0. The Hall–Kier alpha value is -2.64. The van der Waals surface area contributed by atoms with E-state index in [4.69, 9.17) is 5.73 Å². The van der Waals surface area contributed by atoms with Crippen LogP contribution in [0.1, 0.15) is 22.8 Å². The van der Waals surface area contributed by atoms with Crippen molar-refractivity contribution in [3.63, 3.8) is 0 Å². The molecule has 0 saturated carbocycles. The van der Waals surface area contributed by atoms with Crippen LogP contribution in [0.15, 0.2) is 34.5 Å². The summed E-state index contributed by atoms with van der Waals surface area (Å²) < 4.78 is 111. The molecule has 0 spiro atoms. The first-order valence-electron chi connectivity index (χ1n) is 12.6. The summed E-state index contributed by atoms with van der Waals surface area (Å²) in [7, 11) is -7.68. The van der Waals surface area contributed by atoms with E-state index in [9.17, 15) is 39.6 Å². The van der Waals surface area contributed by atoms with Gasteiger partial charge in [0.2, 0.25) is 15.9 Å². The van der Waals surface area contributed by atoms with Gasteiger partial charge in [0.1, 0.15) is 15.8 Å². The van der Waals surface area contributed by atoms with Crippen LogP contribution >= 0.6 is 11.3 Å². The number of rotatable bonds is 7. The Morgan fingerprint density at radius 2 is 1.69 bits per heavy atom. The fraction of sp³-hybridized carbons (Fsp3) is 0.500. The van der Waals surface area contributed by atoms with Gasteiger partial charge >= 0.3 is 12.1 Å². The quantitative estimate of drug-likeness (QED) is 0.269. The molecule has 1 amide bonds. The topological polar surface area (TPSA) is 147 Å². The van der Waals surface area contributed by atoms with Crippen molar-refractivity contribution in [2.24, 2.45) is 11.7 Å². The van der Waals surface area contributed by atoms with Crippen LogP contribution in [0, 0.1) is 11.7 Å². The highest BCUT2D eigenvalue weighted by Gasteiger charge is 2.43. The number of thiophene rings is 1. The van der Waals surface area contributed by atoms with Gasteiger partial charge in [-0.1, -0.05) is 0 Å². The molecular formula is C24H28F4N4O7S3. The molecule has 0 radical (unpaired) electrons. The van der Waals surface area contributed by atoms with Crippen molar-refractivity contribution in [2.75, 3.05) is 45.5 Å². The minimum absolute atomic E-state index is 0.0427. The summed E-state index contributed by atoms with van der Waals surface area (Å²) in [6.07, 6.45) is -4.32. The summed E-state index contributed by atoms with van der Waals surface area (Å²) in [5.41, 5.74) is 5.39. The van der Waals surface area contributed by atoms with Gasteiger partial charge in [-0.25, -0.2) is 26.0 Å². The molecule has 11 nitrogen and oxygen atoms in total. The van der Waals surface area contributed by atoms with Gasteiger partial charge in [-0.2, -0.15) is 21.8 Å². The molecule has 3 heterocycles. The lowest BCUT2D eigenvalue weighted by atomic mass is 9.84. The maximum Gasteiger partial charge on any atom is 0.491 e. The van der Waals surface area contributed by atoms with Gasteiger partial charge < -0.3 is 15.4 Å². The first kappa shape index (κ1) is 32.3. The lowest BCUT2D eigenvalue weighted by molar-refractivity contribution is -0.189. The highest BCUT2D eigenvalue weighted by Crippen LogP contribution is 2.38. The number of amides is 1. The van der Waals surface area contributed by atoms with Crippen molar-refractivity contribution in [2.45, 2.75) is 29.3 Å². The molecule has 2 fully saturated rings. The number of hydrogen-bond donors (Lipinski definition) is 1. The van der Waals surface area contributed by atoms with Crippen molar-refractivity contribution in [1.82, 2.24) is 13.5 Å². The van der Waals surface area contributed by atoms with Gasteiger partial charge in [0, 0.05) is 56.6 Å². The van der Waals surface area contributed by atoms with Gasteiger partial charge in [0.05, 0.1) is 12.2 Å².